The second-order valence-corrected chi connectivity index (χ2v) is 2.89. The first-order valence-electron chi connectivity index (χ1n) is 4.05. The third kappa shape index (κ3) is 2.35. The standard InChI is InChI=1S/C9H10O5/c1-5-4-6(10)9(13)7(14-5)2-3-8(11)12/h4,13H,2-3H2,1H3,(H,11,12). The summed E-state index contributed by atoms with van der Waals surface area (Å²) in [6.45, 7) is 1.56. The molecule has 0 radical (unpaired) electrons. The third-order valence-electron chi connectivity index (χ3n) is 1.68. The van der Waals surface area contributed by atoms with E-state index in [4.69, 9.17) is 9.52 Å². The fraction of sp³-hybridized carbons (Fsp3) is 0.333. The number of aliphatic carboxylic acids is 1. The van der Waals surface area contributed by atoms with Crippen LogP contribution in [-0.2, 0) is 11.2 Å². The molecule has 0 aliphatic heterocycles. The van der Waals surface area contributed by atoms with E-state index < -0.39 is 17.1 Å². The average molecular weight is 198 g/mol. The van der Waals surface area contributed by atoms with Crippen LogP contribution in [0.3, 0.4) is 0 Å². The van der Waals surface area contributed by atoms with E-state index in [9.17, 15) is 14.7 Å². The molecule has 0 aliphatic carbocycles. The first-order valence-corrected chi connectivity index (χ1v) is 4.05. The number of rotatable bonds is 3. The summed E-state index contributed by atoms with van der Waals surface area (Å²) in [7, 11) is 0. The molecule has 0 saturated carbocycles. The number of aryl methyl sites for hydroxylation is 2. The largest absolute Gasteiger partial charge is 0.502 e. The molecule has 0 saturated heterocycles. The van der Waals surface area contributed by atoms with Gasteiger partial charge in [0.25, 0.3) is 0 Å². The maximum atomic E-state index is 11.0. The molecule has 14 heavy (non-hydrogen) atoms. The summed E-state index contributed by atoms with van der Waals surface area (Å²) in [5.74, 6) is -1.13. The number of hydrogen-bond donors (Lipinski definition) is 2. The minimum absolute atomic E-state index is 0.0120. The molecule has 5 nitrogen and oxygen atoms in total. The Balaban J connectivity index is 2.96. The topological polar surface area (TPSA) is 87.7 Å². The molecule has 1 aromatic heterocycles. The smallest absolute Gasteiger partial charge is 0.303 e. The lowest BCUT2D eigenvalue weighted by molar-refractivity contribution is -0.137. The van der Waals surface area contributed by atoms with Crippen molar-refractivity contribution in [3.63, 3.8) is 0 Å². The summed E-state index contributed by atoms with van der Waals surface area (Å²) in [4.78, 5) is 21.3. The van der Waals surface area contributed by atoms with E-state index in [1.54, 1.807) is 6.92 Å². The van der Waals surface area contributed by atoms with Crippen molar-refractivity contribution in [1.82, 2.24) is 0 Å². The zero-order valence-electron chi connectivity index (χ0n) is 7.61. The number of hydrogen-bond acceptors (Lipinski definition) is 4. The van der Waals surface area contributed by atoms with Gasteiger partial charge in [0, 0.05) is 12.5 Å². The van der Waals surface area contributed by atoms with Gasteiger partial charge in [0.05, 0.1) is 6.42 Å². The lowest BCUT2D eigenvalue weighted by Gasteiger charge is -2.01. The quantitative estimate of drug-likeness (QED) is 0.745. The fourth-order valence-corrected chi connectivity index (χ4v) is 1.05. The number of aromatic hydroxyl groups is 1. The maximum Gasteiger partial charge on any atom is 0.303 e. The molecule has 76 valence electrons. The lowest BCUT2D eigenvalue weighted by Crippen LogP contribution is -2.05. The van der Waals surface area contributed by atoms with Gasteiger partial charge in [0.1, 0.15) is 11.5 Å². The van der Waals surface area contributed by atoms with E-state index in [2.05, 4.69) is 0 Å². The van der Waals surface area contributed by atoms with Gasteiger partial charge in [-0.3, -0.25) is 9.59 Å². The Hall–Kier alpha value is -1.78. The fourth-order valence-electron chi connectivity index (χ4n) is 1.05. The zero-order chi connectivity index (χ0) is 10.7. The van der Waals surface area contributed by atoms with Crippen molar-refractivity contribution in [1.29, 1.82) is 0 Å². The average Bonchev–Trinajstić information content (AvgIpc) is 2.08. The van der Waals surface area contributed by atoms with Crippen LogP contribution in [0, 0.1) is 6.92 Å². The van der Waals surface area contributed by atoms with Crippen molar-refractivity contribution in [3.8, 4) is 5.75 Å². The van der Waals surface area contributed by atoms with Crippen molar-refractivity contribution < 1.29 is 19.4 Å². The SMILES string of the molecule is Cc1cc(=O)c(O)c(CCC(=O)O)o1. The van der Waals surface area contributed by atoms with Gasteiger partial charge in [0.15, 0.2) is 0 Å². The van der Waals surface area contributed by atoms with Crippen LogP contribution in [0.25, 0.3) is 0 Å². The van der Waals surface area contributed by atoms with Crippen LogP contribution in [0.15, 0.2) is 15.3 Å². The van der Waals surface area contributed by atoms with Gasteiger partial charge in [-0.25, -0.2) is 0 Å². The van der Waals surface area contributed by atoms with E-state index in [1.165, 1.54) is 0 Å². The summed E-state index contributed by atoms with van der Waals surface area (Å²) >= 11 is 0. The monoisotopic (exact) mass is 198 g/mol. The van der Waals surface area contributed by atoms with Gasteiger partial charge in [0.2, 0.25) is 11.2 Å². The van der Waals surface area contributed by atoms with Crippen molar-refractivity contribution in [2.75, 3.05) is 0 Å². The number of carboxylic acid groups (broad SMARTS) is 1. The summed E-state index contributed by atoms with van der Waals surface area (Å²) in [6, 6.07) is 1.15. The van der Waals surface area contributed by atoms with Crippen LogP contribution in [0.4, 0.5) is 0 Å². The minimum atomic E-state index is -1.01. The van der Waals surface area contributed by atoms with Crippen LogP contribution in [-0.4, -0.2) is 16.2 Å². The zero-order valence-corrected chi connectivity index (χ0v) is 7.61. The molecule has 2 N–H and O–H groups in total. The van der Waals surface area contributed by atoms with E-state index in [0.717, 1.165) is 6.07 Å². The lowest BCUT2D eigenvalue weighted by atomic mass is 10.2. The highest BCUT2D eigenvalue weighted by molar-refractivity contribution is 5.67. The van der Waals surface area contributed by atoms with Crippen LogP contribution in [0.5, 0.6) is 5.75 Å². The Labute approximate surface area is 79.6 Å². The van der Waals surface area contributed by atoms with Gasteiger partial charge in [-0.15, -0.1) is 0 Å². The molecule has 0 fully saturated rings. The van der Waals surface area contributed by atoms with Crippen LogP contribution >= 0.6 is 0 Å². The minimum Gasteiger partial charge on any atom is -0.502 e. The summed E-state index contributed by atoms with van der Waals surface area (Å²) in [6.07, 6.45) is -0.169. The summed E-state index contributed by atoms with van der Waals surface area (Å²) in [5, 5.41) is 17.6. The van der Waals surface area contributed by atoms with Crippen molar-refractivity contribution in [3.05, 3.63) is 27.8 Å². The molecule has 0 aromatic carbocycles. The highest BCUT2D eigenvalue weighted by Gasteiger charge is 2.10. The number of carboxylic acids is 1. The van der Waals surface area contributed by atoms with Crippen LogP contribution in [0.2, 0.25) is 0 Å². The molecule has 0 bridgehead atoms. The van der Waals surface area contributed by atoms with Gasteiger partial charge in [-0.1, -0.05) is 0 Å². The molecule has 0 aliphatic rings. The Morgan fingerprint density at radius 3 is 2.79 bits per heavy atom. The maximum absolute atomic E-state index is 11.0. The Bertz CT molecular complexity index is 404. The van der Waals surface area contributed by atoms with E-state index in [1.807, 2.05) is 0 Å². The van der Waals surface area contributed by atoms with E-state index in [-0.39, 0.29) is 18.6 Å². The third-order valence-corrected chi connectivity index (χ3v) is 1.68. The molecule has 1 rings (SSSR count). The normalized spacial score (nSPS) is 10.1. The summed E-state index contributed by atoms with van der Waals surface area (Å²) < 4.78 is 5.03. The Morgan fingerprint density at radius 1 is 1.57 bits per heavy atom. The van der Waals surface area contributed by atoms with Crippen molar-refractivity contribution in [2.24, 2.45) is 0 Å². The second kappa shape index (κ2) is 3.95. The first-order chi connectivity index (χ1) is 6.50. The van der Waals surface area contributed by atoms with Gasteiger partial charge in [-0.05, 0) is 6.92 Å². The molecule has 0 atom stereocenters. The molecule has 1 heterocycles. The summed E-state index contributed by atoms with van der Waals surface area (Å²) in [5.41, 5.74) is -0.547. The van der Waals surface area contributed by atoms with Crippen molar-refractivity contribution >= 4 is 5.97 Å². The molecular weight excluding hydrogens is 188 g/mol. The molecular formula is C9H10O5. The van der Waals surface area contributed by atoms with Crippen LogP contribution < -0.4 is 5.43 Å². The van der Waals surface area contributed by atoms with Crippen molar-refractivity contribution in [2.45, 2.75) is 19.8 Å². The molecule has 5 heteroatoms. The predicted octanol–water partition coefficient (Wildman–Crippen LogP) is 0.671. The van der Waals surface area contributed by atoms with E-state index >= 15 is 0 Å². The second-order valence-electron chi connectivity index (χ2n) is 2.89. The van der Waals surface area contributed by atoms with Gasteiger partial charge >= 0.3 is 5.97 Å². The molecule has 1 aromatic rings. The Morgan fingerprint density at radius 2 is 2.21 bits per heavy atom. The van der Waals surface area contributed by atoms with Gasteiger partial charge in [-0.2, -0.15) is 0 Å². The first kappa shape index (κ1) is 10.3. The molecule has 0 amide bonds. The van der Waals surface area contributed by atoms with Crippen LogP contribution in [0.1, 0.15) is 17.9 Å². The van der Waals surface area contributed by atoms with E-state index in [0.29, 0.717) is 5.76 Å². The highest BCUT2D eigenvalue weighted by Crippen LogP contribution is 2.14. The molecule has 0 unspecified atom stereocenters. The molecule has 0 spiro atoms. The van der Waals surface area contributed by atoms with Gasteiger partial charge < -0.3 is 14.6 Å². The number of carbonyl (C=O) groups is 1. The predicted molar refractivity (Wildman–Crippen MR) is 47.3 cm³/mol. The highest BCUT2D eigenvalue weighted by atomic mass is 16.4. The Kier molecular flexibility index (Phi) is 2.91.